The first-order valence-electron chi connectivity index (χ1n) is 9.84. The van der Waals surface area contributed by atoms with E-state index in [1.165, 1.54) is 24.8 Å². The molecule has 2 amide bonds. The molecule has 2 aliphatic carbocycles. The minimum Gasteiger partial charge on any atom is -0.456 e. The molecule has 1 aromatic heterocycles. The Morgan fingerprint density at radius 2 is 2.00 bits per heavy atom. The predicted octanol–water partition coefficient (Wildman–Crippen LogP) is 3.37. The van der Waals surface area contributed by atoms with E-state index < -0.39 is 17.3 Å². The van der Waals surface area contributed by atoms with Gasteiger partial charge >= 0.3 is 0 Å². The smallest absolute Gasteiger partial charge is 0.255 e. The van der Waals surface area contributed by atoms with Crippen LogP contribution in [0.4, 0.5) is 4.39 Å². The van der Waals surface area contributed by atoms with E-state index in [2.05, 4.69) is 20.6 Å². The number of amides is 2. The van der Waals surface area contributed by atoms with Gasteiger partial charge in [-0.05, 0) is 37.8 Å². The molecule has 2 N–H and O–H groups in total. The number of nitrogens with one attached hydrogen (secondary N) is 2. The molecule has 1 saturated carbocycles. The minimum atomic E-state index is -0.983. The molecule has 0 radical (unpaired) electrons. The monoisotopic (exact) mass is 442 g/mol. The van der Waals surface area contributed by atoms with Crippen molar-refractivity contribution in [3.63, 3.8) is 0 Å². The lowest BCUT2D eigenvalue weighted by Gasteiger charge is -2.17. The summed E-state index contributed by atoms with van der Waals surface area (Å²) in [4.78, 5) is 32.5. The Morgan fingerprint density at radius 1 is 1.23 bits per heavy atom. The number of benzene rings is 1. The summed E-state index contributed by atoms with van der Waals surface area (Å²) in [7, 11) is 0. The molecule has 7 nitrogen and oxygen atoms in total. The van der Waals surface area contributed by atoms with Gasteiger partial charge in [-0.1, -0.05) is 23.7 Å². The first kappa shape index (κ1) is 21.0. The van der Waals surface area contributed by atoms with E-state index in [1.807, 2.05) is 6.08 Å². The standard InChI is InChI=1S/C22H20ClFN4O3/c23-17-3-1-2-4-19(17)31-16-6-5-14(18(24)9-16)12-27-21(30)22(7-8-22)28-20(29)15-10-25-13-26-11-15/h2,4-6,9-11,13H,1,3,7-8,12H2,(H,27,30)(H,28,29). The number of nitrogens with zero attached hydrogens (tertiary/aromatic N) is 2. The Bertz CT molecular complexity index is 1070. The Morgan fingerprint density at radius 3 is 2.68 bits per heavy atom. The van der Waals surface area contributed by atoms with Gasteiger partial charge in [-0.3, -0.25) is 9.59 Å². The van der Waals surface area contributed by atoms with Crippen molar-refractivity contribution >= 4 is 23.4 Å². The zero-order valence-electron chi connectivity index (χ0n) is 16.5. The van der Waals surface area contributed by atoms with E-state index in [4.69, 9.17) is 16.3 Å². The third kappa shape index (κ3) is 4.91. The molecule has 1 aromatic carbocycles. The normalized spacial score (nSPS) is 16.6. The zero-order chi connectivity index (χ0) is 21.8. The fraction of sp³-hybridized carbons (Fsp3) is 0.273. The van der Waals surface area contributed by atoms with Crippen LogP contribution in [0.25, 0.3) is 0 Å². The van der Waals surface area contributed by atoms with Crippen molar-refractivity contribution < 1.29 is 18.7 Å². The van der Waals surface area contributed by atoms with Crippen LogP contribution in [0.3, 0.4) is 0 Å². The predicted molar refractivity (Wildman–Crippen MR) is 112 cm³/mol. The summed E-state index contributed by atoms with van der Waals surface area (Å²) in [5, 5.41) is 6.02. The molecule has 1 heterocycles. The van der Waals surface area contributed by atoms with Gasteiger partial charge in [-0.15, -0.1) is 0 Å². The van der Waals surface area contributed by atoms with E-state index in [-0.39, 0.29) is 18.0 Å². The van der Waals surface area contributed by atoms with Gasteiger partial charge in [0, 0.05) is 30.6 Å². The average Bonchev–Trinajstić information content (AvgIpc) is 3.56. The fourth-order valence-corrected chi connectivity index (χ4v) is 3.36. The highest BCUT2D eigenvalue weighted by Crippen LogP contribution is 2.36. The van der Waals surface area contributed by atoms with Gasteiger partial charge < -0.3 is 15.4 Å². The molecule has 0 saturated heterocycles. The second-order valence-corrected chi connectivity index (χ2v) is 7.87. The molecule has 9 heteroatoms. The largest absolute Gasteiger partial charge is 0.456 e. The number of aromatic nitrogens is 2. The topological polar surface area (TPSA) is 93.2 Å². The van der Waals surface area contributed by atoms with Crippen molar-refractivity contribution in [3.8, 4) is 5.75 Å². The molecule has 4 rings (SSSR count). The number of halogens is 2. The first-order chi connectivity index (χ1) is 15.0. The molecule has 2 aliphatic rings. The summed E-state index contributed by atoms with van der Waals surface area (Å²) in [6, 6.07) is 4.42. The highest BCUT2D eigenvalue weighted by Gasteiger charge is 2.51. The number of rotatable bonds is 7. The van der Waals surface area contributed by atoms with Crippen LogP contribution in [-0.2, 0) is 11.3 Å². The van der Waals surface area contributed by atoms with Crippen molar-refractivity contribution in [2.75, 3.05) is 0 Å². The van der Waals surface area contributed by atoms with E-state index >= 15 is 0 Å². The minimum absolute atomic E-state index is 0.0135. The molecular weight excluding hydrogens is 423 g/mol. The summed E-state index contributed by atoms with van der Waals surface area (Å²) in [5.74, 6) is -0.469. The number of ether oxygens (including phenoxy) is 1. The van der Waals surface area contributed by atoms with E-state index in [1.54, 1.807) is 18.2 Å². The maximum Gasteiger partial charge on any atom is 0.255 e. The SMILES string of the molecule is O=C(NC1(C(=O)NCc2ccc(OC3=C(Cl)CCC=C3)cc2F)CC1)c1cncnc1. The Labute approximate surface area is 183 Å². The van der Waals surface area contributed by atoms with E-state index in [0.717, 1.165) is 6.42 Å². The molecule has 0 atom stereocenters. The van der Waals surface area contributed by atoms with Crippen LogP contribution in [0.1, 0.15) is 41.6 Å². The summed E-state index contributed by atoms with van der Waals surface area (Å²) in [6.07, 6.45) is 10.3. The van der Waals surface area contributed by atoms with Crippen molar-refractivity contribution in [1.29, 1.82) is 0 Å². The highest BCUT2D eigenvalue weighted by atomic mass is 35.5. The molecule has 1 fully saturated rings. The summed E-state index contributed by atoms with van der Waals surface area (Å²) in [6.45, 7) is -0.0135. The van der Waals surface area contributed by atoms with Crippen molar-refractivity contribution in [2.45, 2.75) is 37.8 Å². The number of carbonyl (C=O) groups excluding carboxylic acids is 2. The molecule has 0 aliphatic heterocycles. The summed E-state index contributed by atoms with van der Waals surface area (Å²) >= 11 is 6.14. The fourth-order valence-electron chi connectivity index (χ4n) is 3.15. The van der Waals surface area contributed by atoms with Gasteiger partial charge in [0.15, 0.2) is 0 Å². The molecule has 0 unspecified atom stereocenters. The van der Waals surface area contributed by atoms with Crippen LogP contribution in [0.15, 0.2) is 59.9 Å². The van der Waals surface area contributed by atoms with Crippen molar-refractivity contribution in [3.05, 3.63) is 76.8 Å². The van der Waals surface area contributed by atoms with Crippen LogP contribution in [0.2, 0.25) is 0 Å². The number of carbonyl (C=O) groups is 2. The molecule has 31 heavy (non-hydrogen) atoms. The maximum absolute atomic E-state index is 14.5. The second-order valence-electron chi connectivity index (χ2n) is 7.41. The van der Waals surface area contributed by atoms with Gasteiger partial charge in [0.25, 0.3) is 5.91 Å². The lowest BCUT2D eigenvalue weighted by Crippen LogP contribution is -2.48. The quantitative estimate of drug-likeness (QED) is 0.685. The molecular formula is C22H20ClFN4O3. The van der Waals surface area contributed by atoms with E-state index in [9.17, 15) is 14.0 Å². The lowest BCUT2D eigenvalue weighted by molar-refractivity contribution is -0.124. The van der Waals surface area contributed by atoms with Crippen LogP contribution in [0, 0.1) is 5.82 Å². The lowest BCUT2D eigenvalue weighted by atomic mass is 10.1. The Kier molecular flexibility index (Phi) is 5.99. The first-order valence-corrected chi connectivity index (χ1v) is 10.2. The summed E-state index contributed by atoms with van der Waals surface area (Å²) < 4.78 is 20.2. The average molecular weight is 443 g/mol. The zero-order valence-corrected chi connectivity index (χ0v) is 17.3. The van der Waals surface area contributed by atoms with Crippen molar-refractivity contribution in [2.24, 2.45) is 0 Å². The van der Waals surface area contributed by atoms with E-state index in [0.29, 0.717) is 41.4 Å². The Hall–Kier alpha value is -3.26. The van der Waals surface area contributed by atoms with Crippen molar-refractivity contribution in [1.82, 2.24) is 20.6 Å². The van der Waals surface area contributed by atoms with Gasteiger partial charge in [0.1, 0.15) is 29.2 Å². The third-order valence-corrected chi connectivity index (χ3v) is 5.49. The maximum atomic E-state index is 14.5. The highest BCUT2D eigenvalue weighted by molar-refractivity contribution is 6.30. The van der Waals surface area contributed by atoms with Crippen LogP contribution in [-0.4, -0.2) is 27.3 Å². The second kappa shape index (κ2) is 8.85. The number of hydrogen-bond acceptors (Lipinski definition) is 5. The number of hydrogen-bond donors (Lipinski definition) is 2. The third-order valence-electron chi connectivity index (χ3n) is 5.12. The molecule has 0 bridgehead atoms. The summed E-state index contributed by atoms with van der Waals surface area (Å²) in [5.41, 5.74) is -0.409. The Balaban J connectivity index is 1.35. The van der Waals surface area contributed by atoms with Gasteiger partial charge in [-0.2, -0.15) is 0 Å². The number of allylic oxidation sites excluding steroid dienone is 3. The molecule has 2 aromatic rings. The van der Waals surface area contributed by atoms with Crippen LogP contribution in [0.5, 0.6) is 5.75 Å². The molecule has 160 valence electrons. The molecule has 0 spiro atoms. The van der Waals surface area contributed by atoms with Crippen LogP contribution >= 0.6 is 11.6 Å². The van der Waals surface area contributed by atoms with Gasteiger partial charge in [-0.25, -0.2) is 14.4 Å². The van der Waals surface area contributed by atoms with Gasteiger partial charge in [0.2, 0.25) is 5.91 Å². The van der Waals surface area contributed by atoms with Crippen LogP contribution < -0.4 is 15.4 Å². The van der Waals surface area contributed by atoms with Gasteiger partial charge in [0.05, 0.1) is 10.6 Å².